The molecule has 3 amide bonds. The molecule has 3 fully saturated rings. The Hall–Kier alpha value is -2.36. The number of hydrogen-bond acceptors (Lipinski definition) is 5. The Morgan fingerprint density at radius 2 is 1.16 bits per heavy atom. The molecule has 3 N–H and O–H groups in total. The summed E-state index contributed by atoms with van der Waals surface area (Å²) in [5.74, 6) is 2.20. The fraction of sp³-hybridized carbons (Fsp3) is 0.600. The van der Waals surface area contributed by atoms with Gasteiger partial charge in [0.25, 0.3) is 0 Å². The SMILES string of the molecule is CNC(=O)CN1CCC(C2CCN(Cc3cc(CN4CCC(CNC(=O)NC)CC4)cc(-c4cc(Cl)cc(Cl)c4)c3)CC2)CC1. The number of hydrogen-bond donors (Lipinski definition) is 3. The number of piperidine rings is 3. The Bertz CT molecular complexity index is 1260. The zero-order chi connectivity index (χ0) is 31.8. The number of halogens is 2. The second-order valence-corrected chi connectivity index (χ2v) is 14.1. The first kappa shape index (κ1) is 34.0. The molecule has 0 radical (unpaired) electrons. The van der Waals surface area contributed by atoms with Crippen molar-refractivity contribution in [1.82, 2.24) is 30.7 Å². The molecule has 0 saturated carbocycles. The van der Waals surface area contributed by atoms with Gasteiger partial charge in [0.2, 0.25) is 5.91 Å². The first-order valence-corrected chi connectivity index (χ1v) is 17.5. The number of urea groups is 1. The number of likely N-dealkylation sites (tertiary alicyclic amines) is 3. The molecule has 0 atom stereocenters. The lowest BCUT2D eigenvalue weighted by Crippen LogP contribution is -2.43. The van der Waals surface area contributed by atoms with E-state index in [0.29, 0.717) is 22.5 Å². The van der Waals surface area contributed by atoms with E-state index in [1.807, 2.05) is 12.1 Å². The maximum Gasteiger partial charge on any atom is 0.314 e. The lowest BCUT2D eigenvalue weighted by Gasteiger charge is -2.40. The van der Waals surface area contributed by atoms with Gasteiger partial charge in [-0.15, -0.1) is 0 Å². The van der Waals surface area contributed by atoms with Gasteiger partial charge in [0.15, 0.2) is 0 Å². The number of nitrogens with one attached hydrogen (secondary N) is 3. The topological polar surface area (TPSA) is 80.0 Å². The molecule has 8 nitrogen and oxygen atoms in total. The van der Waals surface area contributed by atoms with Crippen molar-refractivity contribution in [1.29, 1.82) is 0 Å². The normalized spacial score (nSPS) is 19.8. The molecule has 2 aromatic rings. The van der Waals surface area contributed by atoms with Crippen molar-refractivity contribution in [2.24, 2.45) is 17.8 Å². The van der Waals surface area contributed by atoms with Crippen LogP contribution in [0.2, 0.25) is 10.0 Å². The van der Waals surface area contributed by atoms with E-state index < -0.39 is 0 Å². The molecule has 3 saturated heterocycles. The molecule has 0 aliphatic carbocycles. The number of carbonyl (C=O) groups is 2. The van der Waals surface area contributed by atoms with Crippen LogP contribution in [-0.4, -0.2) is 93.1 Å². The summed E-state index contributed by atoms with van der Waals surface area (Å²) in [5.41, 5.74) is 4.87. The summed E-state index contributed by atoms with van der Waals surface area (Å²) in [6.45, 7) is 9.49. The van der Waals surface area contributed by atoms with Crippen LogP contribution in [0.1, 0.15) is 49.7 Å². The summed E-state index contributed by atoms with van der Waals surface area (Å²) in [5, 5.41) is 9.66. The number of benzene rings is 2. The number of nitrogens with zero attached hydrogens (tertiary/aromatic N) is 3. The first-order valence-electron chi connectivity index (χ1n) is 16.7. The summed E-state index contributed by atoms with van der Waals surface area (Å²) in [7, 11) is 3.37. The van der Waals surface area contributed by atoms with E-state index >= 15 is 0 Å². The van der Waals surface area contributed by atoms with Crippen LogP contribution in [0, 0.1) is 17.8 Å². The average molecular weight is 658 g/mol. The van der Waals surface area contributed by atoms with Crippen molar-refractivity contribution in [2.45, 2.75) is 51.6 Å². The molecule has 0 spiro atoms. The van der Waals surface area contributed by atoms with Gasteiger partial charge in [0.05, 0.1) is 6.54 Å². The van der Waals surface area contributed by atoms with Crippen molar-refractivity contribution < 1.29 is 9.59 Å². The van der Waals surface area contributed by atoms with Crippen molar-refractivity contribution in [2.75, 3.05) is 66.5 Å². The smallest absolute Gasteiger partial charge is 0.314 e. The number of likely N-dealkylation sites (N-methyl/N-ethyl adjacent to an activating group) is 1. The third-order valence-corrected chi connectivity index (χ3v) is 10.6. The number of carbonyl (C=O) groups excluding carboxylic acids is 2. The van der Waals surface area contributed by atoms with Crippen molar-refractivity contribution in [3.8, 4) is 11.1 Å². The summed E-state index contributed by atoms with van der Waals surface area (Å²) < 4.78 is 0. The molecule has 246 valence electrons. The van der Waals surface area contributed by atoms with E-state index in [9.17, 15) is 9.59 Å². The summed E-state index contributed by atoms with van der Waals surface area (Å²) in [6.07, 6.45) is 7.08. The quantitative estimate of drug-likeness (QED) is 0.316. The molecule has 45 heavy (non-hydrogen) atoms. The highest BCUT2D eigenvalue weighted by atomic mass is 35.5. The summed E-state index contributed by atoms with van der Waals surface area (Å²) >= 11 is 12.8. The molecular weight excluding hydrogens is 607 g/mol. The zero-order valence-electron chi connectivity index (χ0n) is 26.9. The number of amides is 3. The zero-order valence-corrected chi connectivity index (χ0v) is 28.4. The average Bonchev–Trinajstić information content (AvgIpc) is 3.04. The van der Waals surface area contributed by atoms with Gasteiger partial charge in [-0.1, -0.05) is 29.3 Å². The number of rotatable bonds is 10. The van der Waals surface area contributed by atoms with E-state index in [1.165, 1.54) is 36.8 Å². The minimum absolute atomic E-state index is 0.105. The Labute approximate surface area is 279 Å². The molecule has 5 rings (SSSR count). The third kappa shape index (κ3) is 10.1. The largest absolute Gasteiger partial charge is 0.358 e. The first-order chi connectivity index (χ1) is 21.8. The van der Waals surface area contributed by atoms with Crippen LogP contribution in [0.25, 0.3) is 11.1 Å². The van der Waals surface area contributed by atoms with Gasteiger partial charge < -0.3 is 16.0 Å². The Balaban J connectivity index is 1.19. The van der Waals surface area contributed by atoms with Crippen LogP contribution in [-0.2, 0) is 17.9 Å². The van der Waals surface area contributed by atoms with Gasteiger partial charge in [-0.3, -0.25) is 19.5 Å². The van der Waals surface area contributed by atoms with Gasteiger partial charge >= 0.3 is 6.03 Å². The lowest BCUT2D eigenvalue weighted by atomic mass is 9.78. The molecule has 3 aliphatic heterocycles. The predicted octanol–water partition coefficient (Wildman–Crippen LogP) is 5.47. The summed E-state index contributed by atoms with van der Waals surface area (Å²) in [6, 6.07) is 12.7. The molecule has 3 heterocycles. The Morgan fingerprint density at radius 1 is 0.667 bits per heavy atom. The van der Waals surface area contributed by atoms with Gasteiger partial charge in [0.1, 0.15) is 0 Å². The van der Waals surface area contributed by atoms with Crippen molar-refractivity contribution in [3.63, 3.8) is 0 Å². The molecule has 0 unspecified atom stereocenters. The molecule has 10 heteroatoms. The third-order valence-electron chi connectivity index (χ3n) is 10.1. The maximum absolute atomic E-state index is 11.8. The van der Waals surface area contributed by atoms with Crippen LogP contribution in [0.15, 0.2) is 36.4 Å². The van der Waals surface area contributed by atoms with E-state index in [4.69, 9.17) is 23.2 Å². The Morgan fingerprint density at radius 3 is 1.67 bits per heavy atom. The minimum Gasteiger partial charge on any atom is -0.358 e. The highest BCUT2D eigenvalue weighted by Gasteiger charge is 2.30. The van der Waals surface area contributed by atoms with Gasteiger partial charge in [0, 0.05) is 43.8 Å². The van der Waals surface area contributed by atoms with Crippen molar-refractivity contribution >= 4 is 35.1 Å². The standard InChI is InChI=1S/C35H50Cl2N6O2/c1-38-34(44)24-43-13-7-29(8-14-43)28-5-11-42(12-6-28)23-27-15-26(16-30(17-27)31-18-32(36)20-33(37)19-31)22-41-9-3-25(4-10-41)21-40-35(45)39-2/h15-20,25,28-29H,3-14,21-24H2,1-2H3,(H,38,44)(H2,39,40,45). The predicted molar refractivity (Wildman–Crippen MR) is 184 cm³/mol. The maximum atomic E-state index is 11.8. The van der Waals surface area contributed by atoms with Crippen LogP contribution in [0.3, 0.4) is 0 Å². The highest BCUT2D eigenvalue weighted by molar-refractivity contribution is 6.35. The van der Waals surface area contributed by atoms with E-state index in [-0.39, 0.29) is 11.9 Å². The fourth-order valence-electron chi connectivity index (χ4n) is 7.47. The van der Waals surface area contributed by atoms with Gasteiger partial charge in [-0.05, 0) is 148 Å². The fourth-order valence-corrected chi connectivity index (χ4v) is 8.00. The molecule has 0 bridgehead atoms. The molecule has 3 aliphatic rings. The monoisotopic (exact) mass is 656 g/mol. The van der Waals surface area contributed by atoms with Crippen LogP contribution in [0.4, 0.5) is 4.79 Å². The van der Waals surface area contributed by atoms with Crippen molar-refractivity contribution in [3.05, 3.63) is 57.6 Å². The second kappa shape index (κ2) is 16.5. The van der Waals surface area contributed by atoms with Crippen LogP contribution >= 0.6 is 23.2 Å². The van der Waals surface area contributed by atoms with Gasteiger partial charge in [-0.25, -0.2) is 4.79 Å². The lowest BCUT2D eigenvalue weighted by molar-refractivity contribution is -0.122. The van der Waals surface area contributed by atoms with Gasteiger partial charge in [-0.2, -0.15) is 0 Å². The van der Waals surface area contributed by atoms with Crippen LogP contribution in [0.5, 0.6) is 0 Å². The van der Waals surface area contributed by atoms with E-state index in [1.54, 1.807) is 20.2 Å². The molecular formula is C35H50Cl2N6O2. The highest BCUT2D eigenvalue weighted by Crippen LogP contribution is 2.34. The molecule has 0 aromatic heterocycles. The molecule has 2 aromatic carbocycles. The Kier molecular flexibility index (Phi) is 12.4. The minimum atomic E-state index is -0.105. The summed E-state index contributed by atoms with van der Waals surface area (Å²) in [4.78, 5) is 30.8. The second-order valence-electron chi connectivity index (χ2n) is 13.3. The van der Waals surface area contributed by atoms with Crippen LogP contribution < -0.4 is 16.0 Å². The van der Waals surface area contributed by atoms with E-state index in [2.05, 4.69) is 48.8 Å². The van der Waals surface area contributed by atoms with E-state index in [0.717, 1.165) is 94.7 Å².